The normalized spacial score (nSPS) is 12.4. The molecule has 0 spiro atoms. The summed E-state index contributed by atoms with van der Waals surface area (Å²) in [6.45, 7) is 4.48. The lowest BCUT2D eigenvalue weighted by Gasteiger charge is -2.15. The Balaban J connectivity index is 2.05. The van der Waals surface area contributed by atoms with Crippen LogP contribution in [0.25, 0.3) is 0 Å². The van der Waals surface area contributed by atoms with Crippen LogP contribution in [-0.2, 0) is 6.42 Å². The molecule has 0 aliphatic carbocycles. The fourth-order valence-electron chi connectivity index (χ4n) is 2.04. The lowest BCUT2D eigenvalue weighted by molar-refractivity contribution is 0.182. The van der Waals surface area contributed by atoms with Gasteiger partial charge in [-0.2, -0.15) is 0 Å². The molecule has 0 fully saturated rings. The van der Waals surface area contributed by atoms with Crippen molar-refractivity contribution in [2.45, 2.75) is 32.8 Å². The van der Waals surface area contributed by atoms with Gasteiger partial charge >= 0.3 is 0 Å². The Hall–Kier alpha value is -1.74. The molecule has 0 amide bonds. The van der Waals surface area contributed by atoms with E-state index in [1.54, 1.807) is 0 Å². The van der Waals surface area contributed by atoms with Crippen LogP contribution >= 0.6 is 0 Å². The molecule has 0 radical (unpaired) electrons. The number of furan rings is 1. The molecule has 1 aromatic heterocycles. The molecule has 2 N–H and O–H groups in total. The Morgan fingerprint density at radius 3 is 2.42 bits per heavy atom. The van der Waals surface area contributed by atoms with Crippen molar-refractivity contribution in [3.05, 3.63) is 53.5 Å². The van der Waals surface area contributed by atoms with E-state index in [-0.39, 0.29) is 6.10 Å². The summed E-state index contributed by atoms with van der Waals surface area (Å²) in [5.41, 5.74) is 7.08. The van der Waals surface area contributed by atoms with Gasteiger partial charge in [-0.3, -0.25) is 0 Å². The van der Waals surface area contributed by atoms with Gasteiger partial charge < -0.3 is 14.9 Å². The minimum absolute atomic E-state index is 0.231. The van der Waals surface area contributed by atoms with Gasteiger partial charge in [-0.05, 0) is 43.2 Å². The zero-order valence-corrected chi connectivity index (χ0v) is 11.6. The summed E-state index contributed by atoms with van der Waals surface area (Å²) in [6, 6.07) is 12.0. The number of hydrogen-bond acceptors (Lipinski definition) is 3. The van der Waals surface area contributed by atoms with Crippen molar-refractivity contribution in [1.82, 2.24) is 0 Å². The smallest absolute Gasteiger partial charge is 0.168 e. The third-order valence-electron chi connectivity index (χ3n) is 3.03. The van der Waals surface area contributed by atoms with E-state index in [9.17, 15) is 0 Å². The largest absolute Gasteiger partial charge is 0.481 e. The van der Waals surface area contributed by atoms with E-state index in [1.165, 1.54) is 5.56 Å². The number of hydrogen-bond donors (Lipinski definition) is 1. The molecular weight excluding hydrogens is 238 g/mol. The predicted octanol–water partition coefficient (Wildman–Crippen LogP) is 3.62. The molecule has 1 heterocycles. The average Bonchev–Trinajstić information content (AvgIpc) is 2.85. The maximum Gasteiger partial charge on any atom is 0.168 e. The highest BCUT2D eigenvalue weighted by molar-refractivity contribution is 5.28. The minimum atomic E-state index is -0.231. The van der Waals surface area contributed by atoms with Gasteiger partial charge in [0.15, 0.2) is 6.10 Å². The first-order valence-corrected chi connectivity index (χ1v) is 6.75. The van der Waals surface area contributed by atoms with Gasteiger partial charge in [0.25, 0.3) is 0 Å². The SMILES string of the molecule is CCCc1ccc(OC(CN)c2ccc(C)o2)cc1. The Bertz CT molecular complexity index is 502. The van der Waals surface area contributed by atoms with Gasteiger partial charge in [0, 0.05) is 6.54 Å². The summed E-state index contributed by atoms with van der Waals surface area (Å²) in [5.74, 6) is 2.47. The quantitative estimate of drug-likeness (QED) is 0.862. The zero-order valence-electron chi connectivity index (χ0n) is 11.6. The summed E-state index contributed by atoms with van der Waals surface area (Å²) < 4.78 is 11.4. The van der Waals surface area contributed by atoms with Gasteiger partial charge in [0.05, 0.1) is 0 Å². The maximum absolute atomic E-state index is 5.88. The van der Waals surface area contributed by atoms with Crippen molar-refractivity contribution in [2.24, 2.45) is 5.73 Å². The Kier molecular flexibility index (Phi) is 4.63. The Morgan fingerprint density at radius 2 is 1.89 bits per heavy atom. The zero-order chi connectivity index (χ0) is 13.7. The molecule has 1 unspecified atom stereocenters. The summed E-state index contributed by atoms with van der Waals surface area (Å²) >= 11 is 0. The minimum Gasteiger partial charge on any atom is -0.481 e. The topological polar surface area (TPSA) is 48.4 Å². The molecule has 0 saturated heterocycles. The third-order valence-corrected chi connectivity index (χ3v) is 3.03. The fraction of sp³-hybridized carbons (Fsp3) is 0.375. The van der Waals surface area contributed by atoms with Crippen LogP contribution in [0.5, 0.6) is 5.75 Å². The molecule has 2 aromatic rings. The van der Waals surface area contributed by atoms with Crippen LogP contribution in [0, 0.1) is 6.92 Å². The highest BCUT2D eigenvalue weighted by atomic mass is 16.5. The van der Waals surface area contributed by atoms with Crippen molar-refractivity contribution in [2.75, 3.05) is 6.54 Å². The Labute approximate surface area is 114 Å². The van der Waals surface area contributed by atoms with E-state index < -0.39 is 0 Å². The predicted molar refractivity (Wildman–Crippen MR) is 76.3 cm³/mol. The number of rotatable bonds is 6. The summed E-state index contributed by atoms with van der Waals surface area (Å²) in [6.07, 6.45) is 2.01. The van der Waals surface area contributed by atoms with Crippen molar-refractivity contribution < 1.29 is 9.15 Å². The van der Waals surface area contributed by atoms with Crippen molar-refractivity contribution in [1.29, 1.82) is 0 Å². The van der Waals surface area contributed by atoms with Crippen LogP contribution in [-0.4, -0.2) is 6.54 Å². The van der Waals surface area contributed by atoms with Gasteiger partial charge in [-0.1, -0.05) is 25.5 Å². The molecule has 19 heavy (non-hydrogen) atoms. The highest BCUT2D eigenvalue weighted by Crippen LogP contribution is 2.23. The molecule has 0 aliphatic rings. The fourth-order valence-corrected chi connectivity index (χ4v) is 2.04. The monoisotopic (exact) mass is 259 g/mol. The van der Waals surface area contributed by atoms with E-state index in [4.69, 9.17) is 14.9 Å². The summed E-state index contributed by atoms with van der Waals surface area (Å²) in [5, 5.41) is 0. The first kappa shape index (κ1) is 13.7. The molecule has 3 heteroatoms. The van der Waals surface area contributed by atoms with E-state index in [1.807, 2.05) is 31.2 Å². The molecule has 1 atom stereocenters. The van der Waals surface area contributed by atoms with Crippen LogP contribution in [0.4, 0.5) is 0 Å². The molecular formula is C16H21NO2. The second kappa shape index (κ2) is 6.43. The third kappa shape index (κ3) is 3.61. The number of nitrogens with two attached hydrogens (primary N) is 1. The lowest BCUT2D eigenvalue weighted by atomic mass is 10.1. The van der Waals surface area contributed by atoms with E-state index in [0.717, 1.165) is 30.1 Å². The van der Waals surface area contributed by atoms with Gasteiger partial charge in [0.1, 0.15) is 17.3 Å². The standard InChI is InChI=1S/C16H21NO2/c1-3-4-13-6-8-14(9-7-13)19-16(11-17)15-10-5-12(2)18-15/h5-10,16H,3-4,11,17H2,1-2H3. The number of aryl methyl sites for hydroxylation is 2. The second-order valence-electron chi connectivity index (χ2n) is 4.68. The molecule has 0 saturated carbocycles. The van der Waals surface area contributed by atoms with Crippen LogP contribution in [0.3, 0.4) is 0 Å². The van der Waals surface area contributed by atoms with Gasteiger partial charge in [0.2, 0.25) is 0 Å². The lowest BCUT2D eigenvalue weighted by Crippen LogP contribution is -2.17. The first-order chi connectivity index (χ1) is 9.22. The van der Waals surface area contributed by atoms with Gasteiger partial charge in [-0.25, -0.2) is 0 Å². The van der Waals surface area contributed by atoms with Crippen LogP contribution in [0.2, 0.25) is 0 Å². The Morgan fingerprint density at radius 1 is 1.16 bits per heavy atom. The average molecular weight is 259 g/mol. The number of benzene rings is 1. The molecule has 3 nitrogen and oxygen atoms in total. The van der Waals surface area contributed by atoms with E-state index in [2.05, 4.69) is 19.1 Å². The van der Waals surface area contributed by atoms with E-state index >= 15 is 0 Å². The van der Waals surface area contributed by atoms with Crippen LogP contribution < -0.4 is 10.5 Å². The van der Waals surface area contributed by atoms with Crippen molar-refractivity contribution in [3.8, 4) is 5.75 Å². The molecule has 0 aliphatic heterocycles. The number of ether oxygens (including phenoxy) is 1. The first-order valence-electron chi connectivity index (χ1n) is 6.75. The van der Waals surface area contributed by atoms with Crippen molar-refractivity contribution in [3.63, 3.8) is 0 Å². The highest BCUT2D eigenvalue weighted by Gasteiger charge is 2.15. The molecule has 1 aromatic carbocycles. The van der Waals surface area contributed by atoms with Crippen LogP contribution in [0.1, 0.15) is 36.5 Å². The van der Waals surface area contributed by atoms with Gasteiger partial charge in [-0.15, -0.1) is 0 Å². The summed E-state index contributed by atoms with van der Waals surface area (Å²) in [7, 11) is 0. The molecule has 102 valence electrons. The van der Waals surface area contributed by atoms with Crippen molar-refractivity contribution >= 4 is 0 Å². The second-order valence-corrected chi connectivity index (χ2v) is 4.68. The maximum atomic E-state index is 5.88. The van der Waals surface area contributed by atoms with Crippen LogP contribution in [0.15, 0.2) is 40.8 Å². The van der Waals surface area contributed by atoms with E-state index in [0.29, 0.717) is 6.54 Å². The molecule has 0 bridgehead atoms. The molecule has 2 rings (SSSR count). The summed E-state index contributed by atoms with van der Waals surface area (Å²) in [4.78, 5) is 0.